The monoisotopic (exact) mass is 401 g/mol. The zero-order valence-electron chi connectivity index (χ0n) is 14.6. The summed E-state index contributed by atoms with van der Waals surface area (Å²) in [6, 6.07) is 6.25. The minimum atomic E-state index is -3.58. The van der Waals surface area contributed by atoms with Crippen LogP contribution in [0.1, 0.15) is 6.42 Å². The minimum Gasteiger partial charge on any atom is -0.497 e. The van der Waals surface area contributed by atoms with Crippen LogP contribution >= 0.6 is 11.8 Å². The molecule has 1 fully saturated rings. The quantitative estimate of drug-likeness (QED) is 0.621. The lowest BCUT2D eigenvalue weighted by atomic mass is 10.3. The Bertz CT molecular complexity index is 729. The average Bonchev–Trinajstić information content (AvgIpc) is 2.65. The smallest absolute Gasteiger partial charge is 0.243 e. The van der Waals surface area contributed by atoms with Gasteiger partial charge in [-0.25, -0.2) is 8.42 Å². The van der Waals surface area contributed by atoms with Gasteiger partial charge >= 0.3 is 0 Å². The Balaban J connectivity index is 1.86. The van der Waals surface area contributed by atoms with E-state index in [1.807, 2.05) is 0 Å². The number of thioether (sulfide) groups is 1. The van der Waals surface area contributed by atoms with Crippen LogP contribution in [0.5, 0.6) is 5.75 Å². The Morgan fingerprint density at radius 1 is 1.15 bits per heavy atom. The fourth-order valence-corrected chi connectivity index (χ4v) is 4.65. The van der Waals surface area contributed by atoms with Crippen molar-refractivity contribution < 1.29 is 22.7 Å². The highest BCUT2D eigenvalue weighted by Crippen LogP contribution is 2.21. The number of rotatable bonds is 8. The Labute approximate surface area is 157 Å². The highest BCUT2D eigenvalue weighted by Gasteiger charge is 2.29. The van der Waals surface area contributed by atoms with E-state index in [1.165, 1.54) is 35.3 Å². The summed E-state index contributed by atoms with van der Waals surface area (Å²) in [4.78, 5) is 24.7. The fourth-order valence-electron chi connectivity index (χ4n) is 2.56. The lowest BCUT2D eigenvalue weighted by Gasteiger charge is -2.34. The molecular formula is C16H23N3O5S2. The van der Waals surface area contributed by atoms with Crippen LogP contribution in [0.2, 0.25) is 0 Å². The molecule has 2 rings (SSSR count). The first-order valence-corrected chi connectivity index (χ1v) is 10.7. The van der Waals surface area contributed by atoms with Crippen molar-refractivity contribution >= 4 is 33.6 Å². The number of nitrogens with two attached hydrogens (primary N) is 1. The zero-order valence-corrected chi connectivity index (χ0v) is 16.2. The van der Waals surface area contributed by atoms with E-state index >= 15 is 0 Å². The van der Waals surface area contributed by atoms with E-state index in [0.29, 0.717) is 31.0 Å². The number of methoxy groups -OCH3 is 1. The van der Waals surface area contributed by atoms with Crippen LogP contribution in [0.4, 0.5) is 0 Å². The average molecular weight is 402 g/mol. The Kier molecular flexibility index (Phi) is 7.30. The first-order chi connectivity index (χ1) is 12.3. The van der Waals surface area contributed by atoms with Gasteiger partial charge in [-0.1, -0.05) is 0 Å². The summed E-state index contributed by atoms with van der Waals surface area (Å²) in [6.45, 7) is 1.23. The number of piperazine rings is 1. The highest BCUT2D eigenvalue weighted by atomic mass is 32.2. The van der Waals surface area contributed by atoms with E-state index in [9.17, 15) is 18.0 Å². The van der Waals surface area contributed by atoms with Gasteiger partial charge in [0, 0.05) is 38.4 Å². The summed E-state index contributed by atoms with van der Waals surface area (Å²) >= 11 is 1.32. The predicted molar refractivity (Wildman–Crippen MR) is 99.5 cm³/mol. The van der Waals surface area contributed by atoms with Gasteiger partial charge in [0.1, 0.15) is 5.75 Å². The molecule has 1 aliphatic rings. The Morgan fingerprint density at radius 2 is 1.77 bits per heavy atom. The molecule has 1 aromatic rings. The highest BCUT2D eigenvalue weighted by molar-refractivity contribution is 7.99. The summed E-state index contributed by atoms with van der Waals surface area (Å²) in [5, 5.41) is 0. The first-order valence-electron chi connectivity index (χ1n) is 8.12. The van der Waals surface area contributed by atoms with Gasteiger partial charge in [-0.05, 0) is 24.3 Å². The second kappa shape index (κ2) is 9.24. The van der Waals surface area contributed by atoms with Gasteiger partial charge in [-0.3, -0.25) is 9.59 Å². The molecule has 8 nitrogen and oxygen atoms in total. The molecule has 2 amide bonds. The summed E-state index contributed by atoms with van der Waals surface area (Å²) < 4.78 is 31.8. The van der Waals surface area contributed by atoms with Gasteiger partial charge in [-0.2, -0.15) is 16.1 Å². The third-order valence-electron chi connectivity index (χ3n) is 3.99. The number of amides is 2. The molecule has 0 aromatic heterocycles. The van der Waals surface area contributed by atoms with E-state index < -0.39 is 15.9 Å². The van der Waals surface area contributed by atoms with E-state index in [-0.39, 0.29) is 29.6 Å². The molecule has 1 saturated heterocycles. The van der Waals surface area contributed by atoms with Crippen LogP contribution in [0.25, 0.3) is 0 Å². The Hall–Kier alpha value is -1.78. The van der Waals surface area contributed by atoms with Crippen molar-refractivity contribution in [3.8, 4) is 5.75 Å². The molecular weight excluding hydrogens is 378 g/mol. The normalized spacial score (nSPS) is 15.7. The molecule has 26 heavy (non-hydrogen) atoms. The van der Waals surface area contributed by atoms with Crippen molar-refractivity contribution in [1.29, 1.82) is 0 Å². The molecule has 10 heteroatoms. The summed E-state index contributed by atoms with van der Waals surface area (Å²) in [5.74, 6) is 0.865. The van der Waals surface area contributed by atoms with E-state index in [4.69, 9.17) is 10.5 Å². The first kappa shape index (κ1) is 20.5. The molecule has 1 heterocycles. The number of carbonyl (C=O) groups is 2. The van der Waals surface area contributed by atoms with Gasteiger partial charge in [0.05, 0.1) is 17.8 Å². The molecule has 0 unspecified atom stereocenters. The molecule has 0 saturated carbocycles. The second-order valence-electron chi connectivity index (χ2n) is 5.73. The van der Waals surface area contributed by atoms with E-state index in [2.05, 4.69) is 0 Å². The topological polar surface area (TPSA) is 110 Å². The second-order valence-corrected chi connectivity index (χ2v) is 8.77. The van der Waals surface area contributed by atoms with Gasteiger partial charge in [-0.15, -0.1) is 0 Å². The van der Waals surface area contributed by atoms with E-state index in [0.717, 1.165) is 0 Å². The van der Waals surface area contributed by atoms with Crippen molar-refractivity contribution in [3.05, 3.63) is 24.3 Å². The maximum atomic E-state index is 12.7. The van der Waals surface area contributed by atoms with E-state index in [1.54, 1.807) is 17.0 Å². The van der Waals surface area contributed by atoms with Crippen LogP contribution in [0.3, 0.4) is 0 Å². The SMILES string of the molecule is COc1ccc(S(=O)(=O)N2CCN(C(=O)CCSCC(N)=O)CC2)cc1. The van der Waals surface area contributed by atoms with Crippen LogP contribution in [-0.4, -0.2) is 74.2 Å². The van der Waals surface area contributed by atoms with Gasteiger partial charge < -0.3 is 15.4 Å². The number of hydrogen-bond acceptors (Lipinski definition) is 6. The molecule has 0 aliphatic carbocycles. The molecule has 0 bridgehead atoms. The fraction of sp³-hybridized carbons (Fsp3) is 0.500. The summed E-state index contributed by atoms with van der Waals surface area (Å²) in [6.07, 6.45) is 0.309. The lowest BCUT2D eigenvalue weighted by molar-refractivity contribution is -0.131. The summed E-state index contributed by atoms with van der Waals surface area (Å²) in [5.41, 5.74) is 5.05. The van der Waals surface area contributed by atoms with Crippen molar-refractivity contribution in [1.82, 2.24) is 9.21 Å². The van der Waals surface area contributed by atoms with Gasteiger partial charge in [0.25, 0.3) is 0 Å². The molecule has 0 spiro atoms. The number of ether oxygens (including phenoxy) is 1. The summed E-state index contributed by atoms with van der Waals surface area (Å²) in [7, 11) is -2.06. The molecule has 1 aliphatic heterocycles. The number of sulfonamides is 1. The van der Waals surface area contributed by atoms with Gasteiger partial charge in [0.15, 0.2) is 0 Å². The number of benzene rings is 1. The van der Waals surface area contributed by atoms with Crippen molar-refractivity contribution in [2.45, 2.75) is 11.3 Å². The van der Waals surface area contributed by atoms with Crippen LogP contribution in [0.15, 0.2) is 29.2 Å². The molecule has 0 atom stereocenters. The maximum Gasteiger partial charge on any atom is 0.243 e. The number of primary amides is 1. The third-order valence-corrected chi connectivity index (χ3v) is 6.89. The largest absolute Gasteiger partial charge is 0.497 e. The zero-order chi connectivity index (χ0) is 19.2. The molecule has 144 valence electrons. The van der Waals surface area contributed by atoms with Crippen molar-refractivity contribution in [2.24, 2.45) is 5.73 Å². The van der Waals surface area contributed by atoms with Crippen LogP contribution in [-0.2, 0) is 19.6 Å². The lowest BCUT2D eigenvalue weighted by Crippen LogP contribution is -2.50. The predicted octanol–water partition coefficient (Wildman–Crippen LogP) is 0.137. The third kappa shape index (κ3) is 5.36. The van der Waals surface area contributed by atoms with Crippen LogP contribution in [0, 0.1) is 0 Å². The van der Waals surface area contributed by atoms with Crippen molar-refractivity contribution in [3.63, 3.8) is 0 Å². The molecule has 2 N–H and O–H groups in total. The standard InChI is InChI=1S/C16H23N3O5S2/c1-24-13-2-4-14(5-3-13)26(22,23)19-9-7-18(8-10-19)16(21)6-11-25-12-15(17)20/h2-5H,6-12H2,1H3,(H2,17,20). The number of hydrogen-bond donors (Lipinski definition) is 1. The van der Waals surface area contributed by atoms with Crippen molar-refractivity contribution in [2.75, 3.05) is 44.8 Å². The Morgan fingerprint density at radius 3 is 2.31 bits per heavy atom. The van der Waals surface area contributed by atoms with Gasteiger partial charge in [0.2, 0.25) is 21.8 Å². The number of nitrogens with zero attached hydrogens (tertiary/aromatic N) is 2. The minimum absolute atomic E-state index is 0.0385. The van der Waals surface area contributed by atoms with Crippen LogP contribution < -0.4 is 10.5 Å². The number of carbonyl (C=O) groups excluding carboxylic acids is 2. The molecule has 0 radical (unpaired) electrons. The maximum absolute atomic E-state index is 12.7. The molecule has 1 aromatic carbocycles.